The van der Waals surface area contributed by atoms with E-state index in [1.807, 2.05) is 7.11 Å². The first kappa shape index (κ1) is 28.4. The van der Waals surface area contributed by atoms with Crippen LogP contribution in [0.2, 0.25) is 0 Å². The van der Waals surface area contributed by atoms with Crippen molar-refractivity contribution < 1.29 is 19.1 Å². The number of rotatable bonds is 22. The van der Waals surface area contributed by atoms with Gasteiger partial charge in [-0.05, 0) is 6.42 Å². The van der Waals surface area contributed by atoms with Gasteiger partial charge in [0, 0.05) is 13.5 Å². The standard InChI is InChI=1S/C25H51NO3/c1-5-6-7-8-9-10-11-12-13-14-15-16-17-18-20-24(29-4)23-26(2,3)22-19-21-25(27)28/h24H,5-23H2,1-4H3/p+1. The number of unbranched alkanes of at least 4 members (excludes halogenated alkanes) is 13. The molecule has 0 aliphatic carbocycles. The molecule has 1 atom stereocenters. The van der Waals surface area contributed by atoms with E-state index in [2.05, 4.69) is 21.0 Å². The smallest absolute Gasteiger partial charge is 0.303 e. The second-order valence-electron chi connectivity index (χ2n) is 9.58. The molecule has 0 aromatic heterocycles. The van der Waals surface area contributed by atoms with E-state index in [9.17, 15) is 4.79 Å². The average molecular weight is 415 g/mol. The van der Waals surface area contributed by atoms with Crippen molar-refractivity contribution >= 4 is 5.97 Å². The molecule has 0 amide bonds. The molecule has 0 bridgehead atoms. The molecule has 0 fully saturated rings. The zero-order valence-corrected chi connectivity index (χ0v) is 20.2. The topological polar surface area (TPSA) is 46.5 Å². The van der Waals surface area contributed by atoms with Crippen LogP contribution >= 0.6 is 0 Å². The van der Waals surface area contributed by atoms with Crippen molar-refractivity contribution in [1.29, 1.82) is 0 Å². The molecule has 4 heteroatoms. The molecule has 0 aliphatic rings. The van der Waals surface area contributed by atoms with E-state index in [1.165, 1.54) is 89.9 Å². The first-order valence-corrected chi connectivity index (χ1v) is 12.5. The minimum Gasteiger partial charge on any atom is -0.481 e. The SMILES string of the molecule is CCCCCCCCCCCCCCCCC(C[N+](C)(C)CCCC(=O)O)OC. The van der Waals surface area contributed by atoms with Crippen molar-refractivity contribution in [3.05, 3.63) is 0 Å². The molecule has 0 aliphatic heterocycles. The van der Waals surface area contributed by atoms with Gasteiger partial charge in [0.2, 0.25) is 0 Å². The Balaban J connectivity index is 3.54. The first-order chi connectivity index (χ1) is 13.9. The normalized spacial score (nSPS) is 13.0. The fourth-order valence-corrected chi connectivity index (χ4v) is 4.15. The summed E-state index contributed by atoms with van der Waals surface area (Å²) in [5, 5.41) is 8.80. The lowest BCUT2D eigenvalue weighted by Crippen LogP contribution is -2.46. The lowest BCUT2D eigenvalue weighted by atomic mass is 10.0. The number of ether oxygens (including phenoxy) is 1. The maximum atomic E-state index is 10.7. The van der Waals surface area contributed by atoms with Crippen LogP contribution in [-0.4, -0.2) is 56.0 Å². The highest BCUT2D eigenvalue weighted by Gasteiger charge is 2.21. The molecule has 0 spiro atoms. The third-order valence-electron chi connectivity index (χ3n) is 6.06. The quantitative estimate of drug-likeness (QED) is 0.156. The maximum Gasteiger partial charge on any atom is 0.303 e. The molecule has 174 valence electrons. The zero-order chi connectivity index (χ0) is 21.8. The Hall–Kier alpha value is -0.610. The summed E-state index contributed by atoms with van der Waals surface area (Å²) < 4.78 is 6.53. The van der Waals surface area contributed by atoms with Gasteiger partial charge in [-0.15, -0.1) is 0 Å². The number of carbonyl (C=O) groups is 1. The van der Waals surface area contributed by atoms with E-state index in [4.69, 9.17) is 9.84 Å². The van der Waals surface area contributed by atoms with Gasteiger partial charge in [0.05, 0.1) is 27.1 Å². The van der Waals surface area contributed by atoms with E-state index in [-0.39, 0.29) is 12.5 Å². The third kappa shape index (κ3) is 20.4. The van der Waals surface area contributed by atoms with Gasteiger partial charge in [0.15, 0.2) is 0 Å². The van der Waals surface area contributed by atoms with Crippen LogP contribution in [0.1, 0.15) is 116 Å². The minimum atomic E-state index is -0.698. The maximum absolute atomic E-state index is 10.7. The van der Waals surface area contributed by atoms with Crippen LogP contribution in [0.25, 0.3) is 0 Å². The van der Waals surface area contributed by atoms with E-state index < -0.39 is 5.97 Å². The van der Waals surface area contributed by atoms with E-state index in [0.717, 1.165) is 30.4 Å². The molecule has 0 saturated heterocycles. The molecular weight excluding hydrogens is 362 g/mol. The fourth-order valence-electron chi connectivity index (χ4n) is 4.15. The van der Waals surface area contributed by atoms with Crippen LogP contribution in [0.15, 0.2) is 0 Å². The highest BCUT2D eigenvalue weighted by atomic mass is 16.5. The number of carboxylic acids is 1. The number of likely N-dealkylation sites (N-methyl/N-ethyl adjacent to an activating group) is 1. The Morgan fingerprint density at radius 2 is 1.24 bits per heavy atom. The van der Waals surface area contributed by atoms with Crippen molar-refractivity contribution in [1.82, 2.24) is 0 Å². The summed E-state index contributed by atoms with van der Waals surface area (Å²) in [5.41, 5.74) is 0. The third-order valence-corrected chi connectivity index (χ3v) is 6.06. The second-order valence-corrected chi connectivity index (χ2v) is 9.58. The predicted octanol–water partition coefficient (Wildman–Crippen LogP) is 6.81. The molecule has 1 unspecified atom stereocenters. The number of carboxylic acid groups (broad SMARTS) is 1. The monoisotopic (exact) mass is 414 g/mol. The summed E-state index contributed by atoms with van der Waals surface area (Å²) >= 11 is 0. The van der Waals surface area contributed by atoms with Crippen LogP contribution in [0.5, 0.6) is 0 Å². The number of methoxy groups -OCH3 is 1. The van der Waals surface area contributed by atoms with Crippen molar-refractivity contribution in [2.45, 2.75) is 122 Å². The van der Waals surface area contributed by atoms with Gasteiger partial charge >= 0.3 is 5.97 Å². The zero-order valence-electron chi connectivity index (χ0n) is 20.2. The molecule has 1 N–H and O–H groups in total. The first-order valence-electron chi connectivity index (χ1n) is 12.5. The summed E-state index contributed by atoms with van der Waals surface area (Å²) in [4.78, 5) is 10.7. The lowest BCUT2D eigenvalue weighted by Gasteiger charge is -2.33. The summed E-state index contributed by atoms with van der Waals surface area (Å²) in [5.74, 6) is -0.698. The van der Waals surface area contributed by atoms with E-state index in [1.54, 1.807) is 0 Å². The molecule has 0 rings (SSSR count). The molecule has 0 saturated carbocycles. The molecule has 29 heavy (non-hydrogen) atoms. The molecule has 0 aromatic carbocycles. The Morgan fingerprint density at radius 1 is 0.793 bits per heavy atom. The van der Waals surface area contributed by atoms with Crippen molar-refractivity contribution in [2.24, 2.45) is 0 Å². The van der Waals surface area contributed by atoms with Crippen molar-refractivity contribution in [3.8, 4) is 0 Å². The highest BCUT2D eigenvalue weighted by molar-refractivity contribution is 5.66. The van der Waals surface area contributed by atoms with Crippen LogP contribution in [0, 0.1) is 0 Å². The average Bonchev–Trinajstić information content (AvgIpc) is 2.66. The summed E-state index contributed by atoms with van der Waals surface area (Å²) in [6.45, 7) is 4.14. The Bertz CT molecular complexity index is 371. The van der Waals surface area contributed by atoms with E-state index in [0.29, 0.717) is 0 Å². The molecule has 0 aromatic rings. The van der Waals surface area contributed by atoms with Crippen LogP contribution in [0.3, 0.4) is 0 Å². The van der Waals surface area contributed by atoms with Gasteiger partial charge in [0.1, 0.15) is 12.6 Å². The van der Waals surface area contributed by atoms with Crippen molar-refractivity contribution in [3.63, 3.8) is 0 Å². The van der Waals surface area contributed by atoms with E-state index >= 15 is 0 Å². The van der Waals surface area contributed by atoms with Gasteiger partial charge in [-0.1, -0.05) is 96.8 Å². The molecule has 4 nitrogen and oxygen atoms in total. The van der Waals surface area contributed by atoms with Gasteiger partial charge < -0.3 is 14.3 Å². The largest absolute Gasteiger partial charge is 0.481 e. The number of nitrogens with zero attached hydrogens (tertiary/aromatic N) is 1. The second kappa shape index (κ2) is 19.4. The van der Waals surface area contributed by atoms with Crippen molar-refractivity contribution in [2.75, 3.05) is 34.3 Å². The number of hydrogen-bond acceptors (Lipinski definition) is 2. The van der Waals surface area contributed by atoms with Gasteiger partial charge in [-0.2, -0.15) is 0 Å². The number of quaternary nitrogens is 1. The van der Waals surface area contributed by atoms with Crippen LogP contribution < -0.4 is 0 Å². The summed E-state index contributed by atoms with van der Waals surface area (Å²) in [6.07, 6.45) is 21.9. The van der Waals surface area contributed by atoms with Gasteiger partial charge in [-0.25, -0.2) is 0 Å². The molecule has 0 radical (unpaired) electrons. The molecule has 0 heterocycles. The van der Waals surface area contributed by atoms with Gasteiger partial charge in [0.25, 0.3) is 0 Å². The molecular formula is C25H52NO3+. The summed E-state index contributed by atoms with van der Waals surface area (Å²) in [7, 11) is 6.17. The summed E-state index contributed by atoms with van der Waals surface area (Å²) in [6, 6.07) is 0. The van der Waals surface area contributed by atoms with Crippen LogP contribution in [-0.2, 0) is 9.53 Å². The Labute approximate surface area is 182 Å². The minimum absolute atomic E-state index is 0.262. The Kier molecular flexibility index (Phi) is 19.0. The van der Waals surface area contributed by atoms with Gasteiger partial charge in [-0.3, -0.25) is 4.79 Å². The predicted molar refractivity (Wildman–Crippen MR) is 124 cm³/mol. The lowest BCUT2D eigenvalue weighted by molar-refractivity contribution is -0.893. The Morgan fingerprint density at radius 3 is 1.66 bits per heavy atom. The number of aliphatic carboxylic acids is 1. The fraction of sp³-hybridized carbons (Fsp3) is 0.960. The highest BCUT2D eigenvalue weighted by Crippen LogP contribution is 2.15. The number of hydrogen-bond donors (Lipinski definition) is 1. The van der Waals surface area contributed by atoms with Crippen LogP contribution in [0.4, 0.5) is 0 Å².